The second-order valence-electron chi connectivity index (χ2n) is 6.25. The summed E-state index contributed by atoms with van der Waals surface area (Å²) in [7, 11) is 1.69. The molecule has 1 saturated heterocycles. The molecule has 0 bridgehead atoms. The van der Waals surface area contributed by atoms with Crippen molar-refractivity contribution in [1.29, 1.82) is 0 Å². The van der Waals surface area contributed by atoms with Crippen LogP contribution in [-0.2, 0) is 14.2 Å². The van der Waals surface area contributed by atoms with Crippen molar-refractivity contribution < 1.29 is 14.2 Å². The molecule has 1 aliphatic heterocycles. The van der Waals surface area contributed by atoms with Gasteiger partial charge >= 0.3 is 0 Å². The summed E-state index contributed by atoms with van der Waals surface area (Å²) in [6.45, 7) is 9.15. The molecule has 2 unspecified atom stereocenters. The first-order valence-corrected chi connectivity index (χ1v) is 8.43. The lowest BCUT2D eigenvalue weighted by Gasteiger charge is -2.29. The molecule has 5 heteroatoms. The topological polar surface area (TPSA) is 43.0 Å². The standard InChI is InChI=1S/C16H32N2O3/c1-14-5-6-17-16(15-3-4-15)13-18(14)7-8-20-11-12-21-10-9-19-2/h14-17H,3-13H2,1-2H3. The van der Waals surface area contributed by atoms with Gasteiger partial charge in [0, 0.05) is 32.3 Å². The van der Waals surface area contributed by atoms with E-state index >= 15 is 0 Å². The van der Waals surface area contributed by atoms with Crippen molar-refractivity contribution >= 4 is 0 Å². The van der Waals surface area contributed by atoms with Gasteiger partial charge in [-0.25, -0.2) is 0 Å². The molecule has 21 heavy (non-hydrogen) atoms. The molecule has 124 valence electrons. The lowest BCUT2D eigenvalue weighted by atomic mass is 10.1. The van der Waals surface area contributed by atoms with Crippen LogP contribution in [0.5, 0.6) is 0 Å². The molecule has 1 N–H and O–H groups in total. The summed E-state index contributed by atoms with van der Waals surface area (Å²) in [6.07, 6.45) is 4.06. The fraction of sp³-hybridized carbons (Fsp3) is 1.00. The van der Waals surface area contributed by atoms with E-state index in [0.29, 0.717) is 38.5 Å². The molecule has 1 aliphatic carbocycles. The average molecular weight is 300 g/mol. The maximum absolute atomic E-state index is 5.69. The quantitative estimate of drug-likeness (QED) is 0.613. The maximum Gasteiger partial charge on any atom is 0.0701 e. The zero-order chi connectivity index (χ0) is 14.9. The lowest BCUT2D eigenvalue weighted by Crippen LogP contribution is -2.42. The van der Waals surface area contributed by atoms with Crippen LogP contribution in [0.1, 0.15) is 26.2 Å². The van der Waals surface area contributed by atoms with E-state index in [-0.39, 0.29) is 0 Å². The number of hydrogen-bond acceptors (Lipinski definition) is 5. The molecule has 0 radical (unpaired) electrons. The molecule has 0 spiro atoms. The minimum absolute atomic E-state index is 0.651. The van der Waals surface area contributed by atoms with E-state index in [9.17, 15) is 0 Å². The summed E-state index contributed by atoms with van der Waals surface area (Å²) in [4.78, 5) is 2.59. The highest BCUT2D eigenvalue weighted by Crippen LogP contribution is 2.33. The third-order valence-corrected chi connectivity index (χ3v) is 4.54. The molecule has 2 aliphatic rings. The second-order valence-corrected chi connectivity index (χ2v) is 6.25. The Morgan fingerprint density at radius 2 is 1.71 bits per heavy atom. The smallest absolute Gasteiger partial charge is 0.0701 e. The van der Waals surface area contributed by atoms with Crippen LogP contribution in [0.4, 0.5) is 0 Å². The summed E-state index contributed by atoms with van der Waals surface area (Å²) in [5, 5.41) is 3.72. The van der Waals surface area contributed by atoms with Crippen molar-refractivity contribution in [2.24, 2.45) is 5.92 Å². The lowest BCUT2D eigenvalue weighted by molar-refractivity contribution is 0.0167. The van der Waals surface area contributed by atoms with E-state index in [1.807, 2.05) is 0 Å². The number of hydrogen-bond donors (Lipinski definition) is 1. The van der Waals surface area contributed by atoms with Crippen molar-refractivity contribution in [3.63, 3.8) is 0 Å². The number of nitrogens with zero attached hydrogens (tertiary/aromatic N) is 1. The van der Waals surface area contributed by atoms with E-state index < -0.39 is 0 Å². The van der Waals surface area contributed by atoms with Gasteiger partial charge in [-0.15, -0.1) is 0 Å². The van der Waals surface area contributed by atoms with Crippen LogP contribution in [0, 0.1) is 5.92 Å². The Morgan fingerprint density at radius 1 is 1.00 bits per heavy atom. The molecule has 1 heterocycles. The van der Waals surface area contributed by atoms with Gasteiger partial charge in [-0.2, -0.15) is 0 Å². The third-order valence-electron chi connectivity index (χ3n) is 4.54. The molecule has 0 aromatic rings. The van der Waals surface area contributed by atoms with Gasteiger partial charge in [0.15, 0.2) is 0 Å². The Labute approximate surface area is 129 Å². The van der Waals surface area contributed by atoms with Crippen LogP contribution in [-0.4, -0.2) is 76.8 Å². The van der Waals surface area contributed by atoms with Crippen molar-refractivity contribution in [2.75, 3.05) is 59.8 Å². The largest absolute Gasteiger partial charge is 0.382 e. The predicted octanol–water partition coefficient (Wildman–Crippen LogP) is 1.13. The minimum Gasteiger partial charge on any atom is -0.382 e. The van der Waals surface area contributed by atoms with E-state index in [4.69, 9.17) is 14.2 Å². The van der Waals surface area contributed by atoms with Gasteiger partial charge in [-0.1, -0.05) is 0 Å². The Morgan fingerprint density at radius 3 is 2.43 bits per heavy atom. The fourth-order valence-electron chi connectivity index (χ4n) is 2.93. The van der Waals surface area contributed by atoms with Crippen molar-refractivity contribution in [2.45, 2.75) is 38.3 Å². The van der Waals surface area contributed by atoms with Crippen LogP contribution in [0.25, 0.3) is 0 Å². The van der Waals surface area contributed by atoms with E-state index in [1.54, 1.807) is 7.11 Å². The van der Waals surface area contributed by atoms with Crippen molar-refractivity contribution in [3.8, 4) is 0 Å². The summed E-state index contributed by atoms with van der Waals surface area (Å²) in [5.41, 5.74) is 0. The van der Waals surface area contributed by atoms with Gasteiger partial charge in [-0.05, 0) is 38.6 Å². The molecule has 1 saturated carbocycles. The molecule has 2 atom stereocenters. The zero-order valence-corrected chi connectivity index (χ0v) is 13.7. The summed E-state index contributed by atoms with van der Waals surface area (Å²) >= 11 is 0. The molecule has 0 aromatic heterocycles. The summed E-state index contributed by atoms with van der Waals surface area (Å²) < 4.78 is 16.0. The van der Waals surface area contributed by atoms with Crippen LogP contribution in [0.15, 0.2) is 0 Å². The molecule has 0 aromatic carbocycles. The Bertz CT molecular complexity index is 274. The molecule has 5 nitrogen and oxygen atoms in total. The van der Waals surface area contributed by atoms with Crippen LogP contribution in [0.2, 0.25) is 0 Å². The first-order chi connectivity index (χ1) is 10.3. The number of methoxy groups -OCH3 is 1. The second kappa shape index (κ2) is 9.74. The monoisotopic (exact) mass is 300 g/mol. The molecule has 2 fully saturated rings. The van der Waals surface area contributed by atoms with E-state index in [0.717, 1.165) is 25.6 Å². The fourth-order valence-corrected chi connectivity index (χ4v) is 2.93. The highest BCUT2D eigenvalue weighted by Gasteiger charge is 2.34. The van der Waals surface area contributed by atoms with Gasteiger partial charge in [0.05, 0.1) is 33.0 Å². The van der Waals surface area contributed by atoms with Gasteiger partial charge in [0.2, 0.25) is 0 Å². The first-order valence-electron chi connectivity index (χ1n) is 8.43. The van der Waals surface area contributed by atoms with Gasteiger partial charge in [0.1, 0.15) is 0 Å². The molecule has 0 amide bonds. The SMILES string of the molecule is COCCOCCOCCN1CC(C2CC2)NCCC1C. The number of rotatable bonds is 10. The third kappa shape index (κ3) is 6.61. The van der Waals surface area contributed by atoms with Gasteiger partial charge < -0.3 is 19.5 Å². The van der Waals surface area contributed by atoms with Gasteiger partial charge in [-0.3, -0.25) is 4.90 Å². The van der Waals surface area contributed by atoms with Crippen molar-refractivity contribution in [1.82, 2.24) is 10.2 Å². The molecule has 2 rings (SSSR count). The van der Waals surface area contributed by atoms with Crippen LogP contribution in [0.3, 0.4) is 0 Å². The molecular formula is C16H32N2O3. The van der Waals surface area contributed by atoms with Crippen LogP contribution < -0.4 is 5.32 Å². The highest BCUT2D eigenvalue weighted by atomic mass is 16.5. The average Bonchev–Trinajstić information content (AvgIpc) is 3.31. The Hall–Kier alpha value is -0.200. The van der Waals surface area contributed by atoms with Crippen LogP contribution >= 0.6 is 0 Å². The maximum atomic E-state index is 5.69. The minimum atomic E-state index is 0.651. The first kappa shape index (κ1) is 17.2. The molecular weight excluding hydrogens is 268 g/mol. The Balaban J connectivity index is 1.55. The highest BCUT2D eigenvalue weighted by molar-refractivity contribution is 4.91. The number of nitrogens with one attached hydrogen (secondary N) is 1. The zero-order valence-electron chi connectivity index (χ0n) is 13.7. The predicted molar refractivity (Wildman–Crippen MR) is 83.7 cm³/mol. The Kier molecular flexibility index (Phi) is 7.96. The van der Waals surface area contributed by atoms with E-state index in [1.165, 1.54) is 25.8 Å². The normalized spacial score (nSPS) is 27.7. The van der Waals surface area contributed by atoms with Crippen molar-refractivity contribution in [3.05, 3.63) is 0 Å². The number of ether oxygens (including phenoxy) is 3. The van der Waals surface area contributed by atoms with E-state index in [2.05, 4.69) is 17.1 Å². The van der Waals surface area contributed by atoms with Gasteiger partial charge in [0.25, 0.3) is 0 Å². The summed E-state index contributed by atoms with van der Waals surface area (Å²) in [5.74, 6) is 0.924. The summed E-state index contributed by atoms with van der Waals surface area (Å²) in [6, 6.07) is 1.36.